The summed E-state index contributed by atoms with van der Waals surface area (Å²) in [7, 11) is 1.66. The minimum atomic E-state index is 0.842. The molecular weight excluding hydrogens is 172 g/mol. The fraction of sp³-hybridized carbons (Fsp3) is 0.231. The molecule has 14 heavy (non-hydrogen) atoms. The number of rotatable bonds is 3. The number of hydrogen-bond acceptors (Lipinski definition) is 1. The summed E-state index contributed by atoms with van der Waals surface area (Å²) >= 11 is 0. The normalized spacial score (nSPS) is 11.4. The van der Waals surface area contributed by atoms with Gasteiger partial charge in [-0.3, -0.25) is 0 Å². The summed E-state index contributed by atoms with van der Waals surface area (Å²) in [4.78, 5) is 0. The van der Waals surface area contributed by atoms with Gasteiger partial charge in [0.25, 0.3) is 0 Å². The van der Waals surface area contributed by atoms with Gasteiger partial charge in [0.05, 0.1) is 7.11 Å². The largest absolute Gasteiger partial charge is 0.497 e. The van der Waals surface area contributed by atoms with E-state index < -0.39 is 0 Å². The van der Waals surface area contributed by atoms with Crippen LogP contribution in [0.4, 0.5) is 0 Å². The first-order chi connectivity index (χ1) is 6.67. The molecule has 0 amide bonds. The first-order valence-corrected chi connectivity index (χ1v) is 4.70. The highest BCUT2D eigenvalue weighted by Crippen LogP contribution is 2.02. The van der Waals surface area contributed by atoms with Gasteiger partial charge < -0.3 is 4.74 Å². The lowest BCUT2D eigenvalue weighted by molar-refractivity contribution is 0.414. The van der Waals surface area contributed by atoms with E-state index >= 15 is 0 Å². The van der Waals surface area contributed by atoms with Crippen LogP contribution in [0.2, 0.25) is 0 Å². The zero-order valence-electron chi connectivity index (χ0n) is 8.84. The van der Waals surface area contributed by atoms with Gasteiger partial charge in [-0.15, -0.1) is 0 Å². The van der Waals surface area contributed by atoms with Gasteiger partial charge in [0.2, 0.25) is 0 Å². The molecular formula is C13H16O. The second-order valence-corrected chi connectivity index (χ2v) is 3.22. The molecule has 0 saturated heterocycles. The van der Waals surface area contributed by atoms with Gasteiger partial charge in [-0.2, -0.15) is 0 Å². The van der Waals surface area contributed by atoms with Crippen molar-refractivity contribution < 1.29 is 4.74 Å². The van der Waals surface area contributed by atoms with Gasteiger partial charge in [0.15, 0.2) is 0 Å². The Balaban J connectivity index is 3.19. The predicted molar refractivity (Wildman–Crippen MR) is 61.7 cm³/mol. The smallest absolute Gasteiger partial charge is 0.119 e. The Morgan fingerprint density at radius 3 is 2.71 bits per heavy atom. The van der Waals surface area contributed by atoms with Crippen molar-refractivity contribution in [3.63, 3.8) is 0 Å². The molecule has 1 aromatic rings. The van der Waals surface area contributed by atoms with E-state index in [-0.39, 0.29) is 0 Å². The van der Waals surface area contributed by atoms with Crippen LogP contribution >= 0.6 is 0 Å². The first kappa shape index (κ1) is 10.6. The van der Waals surface area contributed by atoms with E-state index in [2.05, 4.69) is 26.2 Å². The number of hydrogen-bond donors (Lipinski definition) is 0. The van der Waals surface area contributed by atoms with Crippen LogP contribution in [-0.4, -0.2) is 7.11 Å². The third-order valence-electron chi connectivity index (χ3n) is 2.16. The van der Waals surface area contributed by atoms with E-state index in [4.69, 9.17) is 4.74 Å². The molecule has 0 aliphatic carbocycles. The summed E-state index contributed by atoms with van der Waals surface area (Å²) in [6, 6.07) is 5.86. The highest BCUT2D eigenvalue weighted by atomic mass is 16.5. The number of methoxy groups -OCH3 is 1. The standard InChI is InChI=1S/C13H16O/c1-5-10(2)8-12-6-7-13(14-4)9-11(12)3/h6-9H,2-3,5H2,1,4H3/b12-8-. The average Bonchev–Trinajstić information content (AvgIpc) is 2.20. The molecule has 0 aliphatic rings. The zero-order valence-corrected chi connectivity index (χ0v) is 8.84. The Bertz CT molecular complexity index is 429. The number of benzene rings is 1. The van der Waals surface area contributed by atoms with Crippen LogP contribution in [0.15, 0.2) is 30.4 Å². The van der Waals surface area contributed by atoms with Crippen LogP contribution < -0.4 is 15.2 Å². The van der Waals surface area contributed by atoms with Crippen LogP contribution in [0.25, 0.3) is 12.7 Å². The van der Waals surface area contributed by atoms with Crippen molar-refractivity contribution in [2.45, 2.75) is 13.3 Å². The monoisotopic (exact) mass is 188 g/mol. The summed E-state index contributed by atoms with van der Waals surface area (Å²) in [6.07, 6.45) is 3.02. The number of allylic oxidation sites excluding steroid dienone is 1. The lowest BCUT2D eigenvalue weighted by atomic mass is 10.1. The molecule has 0 bridgehead atoms. The van der Waals surface area contributed by atoms with Gasteiger partial charge in [-0.1, -0.05) is 37.8 Å². The minimum absolute atomic E-state index is 0.842. The van der Waals surface area contributed by atoms with Crippen LogP contribution in [0.1, 0.15) is 13.3 Å². The van der Waals surface area contributed by atoms with Crippen molar-refractivity contribution >= 4 is 12.7 Å². The topological polar surface area (TPSA) is 9.23 Å². The lowest BCUT2D eigenvalue weighted by Crippen LogP contribution is -2.22. The van der Waals surface area contributed by atoms with Crippen molar-refractivity contribution in [3.05, 3.63) is 40.8 Å². The van der Waals surface area contributed by atoms with Crippen molar-refractivity contribution in [1.82, 2.24) is 0 Å². The summed E-state index contributed by atoms with van der Waals surface area (Å²) in [5, 5.41) is 2.08. The maximum Gasteiger partial charge on any atom is 0.119 e. The molecule has 74 valence electrons. The first-order valence-electron chi connectivity index (χ1n) is 4.70. The zero-order chi connectivity index (χ0) is 10.6. The average molecular weight is 188 g/mol. The van der Waals surface area contributed by atoms with Gasteiger partial charge in [-0.25, -0.2) is 0 Å². The quantitative estimate of drug-likeness (QED) is 0.703. The maximum atomic E-state index is 5.10. The Labute approximate surface area is 85.0 Å². The van der Waals surface area contributed by atoms with Crippen LogP contribution in [-0.2, 0) is 0 Å². The van der Waals surface area contributed by atoms with Crippen molar-refractivity contribution in [2.24, 2.45) is 0 Å². The van der Waals surface area contributed by atoms with Crippen molar-refractivity contribution in [1.29, 1.82) is 0 Å². The highest BCUT2D eigenvalue weighted by molar-refractivity contribution is 5.45. The maximum absolute atomic E-state index is 5.10. The molecule has 1 nitrogen and oxygen atoms in total. The van der Waals surface area contributed by atoms with Gasteiger partial charge in [0, 0.05) is 0 Å². The third-order valence-corrected chi connectivity index (χ3v) is 2.16. The molecule has 1 aromatic carbocycles. The molecule has 0 aliphatic heterocycles. The van der Waals surface area contributed by atoms with E-state index in [0.29, 0.717) is 0 Å². The SMILES string of the molecule is C=C(/C=c1/ccc(OC)cc1=C)CC. The summed E-state index contributed by atoms with van der Waals surface area (Å²) in [5.41, 5.74) is 1.11. The fourth-order valence-electron chi connectivity index (χ4n) is 1.17. The Kier molecular flexibility index (Phi) is 3.52. The summed E-state index contributed by atoms with van der Waals surface area (Å²) < 4.78 is 5.10. The van der Waals surface area contributed by atoms with E-state index in [9.17, 15) is 0 Å². The molecule has 0 aromatic heterocycles. The summed E-state index contributed by atoms with van der Waals surface area (Å²) in [6.45, 7) is 9.99. The molecule has 0 atom stereocenters. The predicted octanol–water partition coefficient (Wildman–Crippen LogP) is 1.85. The second kappa shape index (κ2) is 4.66. The van der Waals surface area contributed by atoms with E-state index in [1.165, 1.54) is 0 Å². The highest BCUT2D eigenvalue weighted by Gasteiger charge is 1.90. The Morgan fingerprint density at radius 1 is 1.50 bits per heavy atom. The minimum Gasteiger partial charge on any atom is -0.497 e. The molecule has 0 spiro atoms. The van der Waals surface area contributed by atoms with Crippen LogP contribution in [0, 0.1) is 0 Å². The molecule has 0 heterocycles. The Hall–Kier alpha value is -1.50. The molecule has 0 N–H and O–H groups in total. The Morgan fingerprint density at radius 2 is 2.21 bits per heavy atom. The third kappa shape index (κ3) is 2.49. The molecule has 0 unspecified atom stereocenters. The lowest BCUT2D eigenvalue weighted by Gasteiger charge is -1.99. The van der Waals surface area contributed by atoms with Crippen molar-refractivity contribution in [3.8, 4) is 5.75 Å². The van der Waals surface area contributed by atoms with Crippen molar-refractivity contribution in [2.75, 3.05) is 7.11 Å². The molecule has 1 rings (SSSR count). The fourth-order valence-corrected chi connectivity index (χ4v) is 1.17. The molecule has 1 heteroatoms. The van der Waals surface area contributed by atoms with Gasteiger partial charge in [-0.05, 0) is 29.0 Å². The van der Waals surface area contributed by atoms with Gasteiger partial charge in [0.1, 0.15) is 5.75 Å². The van der Waals surface area contributed by atoms with E-state index in [1.807, 2.05) is 18.2 Å². The van der Waals surface area contributed by atoms with Crippen LogP contribution in [0.3, 0.4) is 0 Å². The molecule has 0 saturated carbocycles. The summed E-state index contributed by atoms with van der Waals surface area (Å²) in [5.74, 6) is 0.842. The molecule has 0 radical (unpaired) electrons. The molecule has 0 fully saturated rings. The second-order valence-electron chi connectivity index (χ2n) is 3.22. The van der Waals surface area contributed by atoms with Crippen LogP contribution in [0.5, 0.6) is 5.75 Å². The van der Waals surface area contributed by atoms with Gasteiger partial charge >= 0.3 is 0 Å². The van der Waals surface area contributed by atoms with E-state index in [0.717, 1.165) is 28.2 Å². The van der Waals surface area contributed by atoms with E-state index in [1.54, 1.807) is 7.11 Å². The number of ether oxygens (including phenoxy) is 1.